The second-order valence-corrected chi connectivity index (χ2v) is 34.3. The first-order chi connectivity index (χ1) is 49.7. The summed E-state index contributed by atoms with van der Waals surface area (Å²) >= 11 is 0. The lowest BCUT2D eigenvalue weighted by Crippen LogP contribution is -2.30. The Balaban J connectivity index is 5.25. The van der Waals surface area contributed by atoms with Crippen molar-refractivity contribution in [3.8, 4) is 0 Å². The average molecular weight is 1510 g/mol. The smallest absolute Gasteiger partial charge is 0.462 e. The zero-order chi connectivity index (χ0) is 76.0. The molecule has 8 atom stereocenters. The van der Waals surface area contributed by atoms with E-state index in [2.05, 4.69) is 55.4 Å². The molecule has 0 radical (unpaired) electrons. The molecule has 0 aliphatic carbocycles. The van der Waals surface area contributed by atoms with Gasteiger partial charge in [-0.1, -0.05) is 383 Å². The molecule has 17 nitrogen and oxygen atoms in total. The van der Waals surface area contributed by atoms with E-state index in [-0.39, 0.29) is 25.7 Å². The molecular weight excluding hydrogens is 1340 g/mol. The van der Waals surface area contributed by atoms with Crippen LogP contribution in [0.1, 0.15) is 434 Å². The summed E-state index contributed by atoms with van der Waals surface area (Å²) in [5, 5.41) is 10.7. The zero-order valence-corrected chi connectivity index (χ0v) is 69.7. The lowest BCUT2D eigenvalue weighted by Gasteiger charge is -2.21. The summed E-state index contributed by atoms with van der Waals surface area (Å²) in [4.78, 5) is 73.2. The van der Waals surface area contributed by atoms with Gasteiger partial charge in [0.2, 0.25) is 0 Å². The topological polar surface area (TPSA) is 237 Å². The van der Waals surface area contributed by atoms with E-state index < -0.39 is 97.5 Å². The van der Waals surface area contributed by atoms with Crippen LogP contribution in [0.2, 0.25) is 0 Å². The first kappa shape index (κ1) is 101. The number of aliphatic hydroxyl groups excluding tert-OH is 1. The number of ether oxygens (including phenoxy) is 4. The van der Waals surface area contributed by atoms with Crippen LogP contribution in [0.4, 0.5) is 0 Å². The molecule has 0 fully saturated rings. The van der Waals surface area contributed by atoms with Gasteiger partial charge in [-0.2, -0.15) is 0 Å². The monoisotopic (exact) mass is 1510 g/mol. The maximum Gasteiger partial charge on any atom is 0.472 e. The maximum atomic E-state index is 13.1. The van der Waals surface area contributed by atoms with Crippen molar-refractivity contribution in [1.82, 2.24) is 0 Å². The molecule has 0 saturated heterocycles. The molecule has 103 heavy (non-hydrogen) atoms. The van der Waals surface area contributed by atoms with Crippen molar-refractivity contribution in [1.29, 1.82) is 0 Å². The SMILES string of the molecule is CCC(C)CCCCCCCCCCCCCCCCCCCCC(=O)O[C@H](COC(=O)CCCCCCCCCCCCCCC(C)C)COP(=O)(O)OC[C@@H](O)COP(=O)(O)OC[C@@H](COC(=O)CCCCCCCCCCC(C)CC)OC(=O)CCCCCCCCCCCCC(C)CC. The van der Waals surface area contributed by atoms with Gasteiger partial charge >= 0.3 is 39.5 Å². The van der Waals surface area contributed by atoms with E-state index >= 15 is 0 Å². The van der Waals surface area contributed by atoms with Gasteiger partial charge in [0.15, 0.2) is 12.2 Å². The van der Waals surface area contributed by atoms with E-state index in [4.69, 9.17) is 37.0 Å². The predicted molar refractivity (Wildman–Crippen MR) is 423 cm³/mol. The van der Waals surface area contributed by atoms with Crippen LogP contribution in [0.3, 0.4) is 0 Å². The minimum absolute atomic E-state index is 0.106. The van der Waals surface area contributed by atoms with Crippen LogP contribution in [-0.2, 0) is 65.4 Å². The molecule has 0 bridgehead atoms. The molecule has 19 heteroatoms. The molecule has 0 spiro atoms. The third-order valence-corrected chi connectivity index (χ3v) is 22.6. The minimum Gasteiger partial charge on any atom is -0.462 e. The van der Waals surface area contributed by atoms with Crippen molar-refractivity contribution >= 4 is 39.5 Å². The van der Waals surface area contributed by atoms with Crippen molar-refractivity contribution in [2.45, 2.75) is 453 Å². The molecule has 0 aromatic carbocycles. The van der Waals surface area contributed by atoms with Gasteiger partial charge in [0.25, 0.3) is 0 Å². The Morgan fingerprint density at radius 3 is 0.689 bits per heavy atom. The number of rotatable bonds is 81. The van der Waals surface area contributed by atoms with Gasteiger partial charge in [0.1, 0.15) is 19.3 Å². The fourth-order valence-electron chi connectivity index (χ4n) is 12.9. The fourth-order valence-corrected chi connectivity index (χ4v) is 14.4. The highest BCUT2D eigenvalue weighted by atomic mass is 31.2. The summed E-state index contributed by atoms with van der Waals surface area (Å²) in [6, 6.07) is 0. The molecule has 0 amide bonds. The molecular formula is C84H164O17P2. The highest BCUT2D eigenvalue weighted by molar-refractivity contribution is 7.47. The Kier molecular flexibility index (Phi) is 71.5. The summed E-state index contributed by atoms with van der Waals surface area (Å²) in [6.45, 7) is 14.4. The third kappa shape index (κ3) is 74.0. The third-order valence-electron chi connectivity index (χ3n) is 20.7. The Labute approximate surface area is 632 Å². The highest BCUT2D eigenvalue weighted by Gasteiger charge is 2.30. The summed E-state index contributed by atoms with van der Waals surface area (Å²) in [6.07, 6.45) is 60.9. The molecule has 0 saturated carbocycles. The lowest BCUT2D eigenvalue weighted by molar-refractivity contribution is -0.161. The van der Waals surface area contributed by atoms with E-state index in [0.29, 0.717) is 25.7 Å². The van der Waals surface area contributed by atoms with E-state index in [1.54, 1.807) is 0 Å². The second kappa shape index (κ2) is 72.9. The molecule has 0 aromatic rings. The average Bonchev–Trinajstić information content (AvgIpc) is 0.908. The number of aliphatic hydroxyl groups is 1. The lowest BCUT2D eigenvalue weighted by atomic mass is 9.99. The van der Waals surface area contributed by atoms with Gasteiger partial charge in [-0.05, 0) is 49.4 Å². The molecule has 612 valence electrons. The number of unbranched alkanes of at least 4 members (excludes halogenated alkanes) is 44. The van der Waals surface area contributed by atoms with Gasteiger partial charge in [-0.25, -0.2) is 9.13 Å². The first-order valence-corrected chi connectivity index (χ1v) is 46.3. The van der Waals surface area contributed by atoms with E-state index in [9.17, 15) is 43.2 Å². The largest absolute Gasteiger partial charge is 0.472 e. The van der Waals surface area contributed by atoms with Crippen LogP contribution in [0.5, 0.6) is 0 Å². The van der Waals surface area contributed by atoms with Crippen LogP contribution in [0.25, 0.3) is 0 Å². The molecule has 0 heterocycles. The van der Waals surface area contributed by atoms with Crippen LogP contribution in [-0.4, -0.2) is 96.7 Å². The van der Waals surface area contributed by atoms with Crippen LogP contribution >= 0.6 is 15.6 Å². The molecule has 0 aliphatic rings. The minimum atomic E-state index is -4.97. The van der Waals surface area contributed by atoms with Crippen molar-refractivity contribution in [3.05, 3.63) is 0 Å². The quantitative estimate of drug-likeness (QED) is 0.0222. The zero-order valence-electron chi connectivity index (χ0n) is 68.0. The highest BCUT2D eigenvalue weighted by Crippen LogP contribution is 2.45. The van der Waals surface area contributed by atoms with Gasteiger partial charge < -0.3 is 33.8 Å². The fraction of sp³-hybridized carbons (Fsp3) is 0.952. The van der Waals surface area contributed by atoms with E-state index in [1.807, 2.05) is 0 Å². The number of hydrogen-bond acceptors (Lipinski definition) is 15. The van der Waals surface area contributed by atoms with Crippen molar-refractivity contribution in [2.75, 3.05) is 39.6 Å². The molecule has 0 aliphatic heterocycles. The summed E-state index contributed by atoms with van der Waals surface area (Å²) in [5.41, 5.74) is 0. The van der Waals surface area contributed by atoms with Crippen molar-refractivity contribution in [3.63, 3.8) is 0 Å². The number of phosphoric acid groups is 2. The Morgan fingerprint density at radius 2 is 0.466 bits per heavy atom. The number of hydrogen-bond donors (Lipinski definition) is 3. The predicted octanol–water partition coefficient (Wildman–Crippen LogP) is 25.2. The second-order valence-electron chi connectivity index (χ2n) is 31.4. The molecule has 0 rings (SSSR count). The first-order valence-electron chi connectivity index (χ1n) is 43.3. The number of carbonyl (C=O) groups excluding carboxylic acids is 4. The van der Waals surface area contributed by atoms with Crippen LogP contribution in [0, 0.1) is 23.7 Å². The van der Waals surface area contributed by atoms with Gasteiger partial charge in [0, 0.05) is 25.7 Å². The summed E-state index contributed by atoms with van der Waals surface area (Å²) in [7, 11) is -9.93. The summed E-state index contributed by atoms with van der Waals surface area (Å²) < 4.78 is 68.8. The molecule has 5 unspecified atom stereocenters. The van der Waals surface area contributed by atoms with Crippen LogP contribution in [0.15, 0.2) is 0 Å². The molecule has 3 N–H and O–H groups in total. The Morgan fingerprint density at radius 1 is 0.272 bits per heavy atom. The van der Waals surface area contributed by atoms with Gasteiger partial charge in [0.05, 0.1) is 26.4 Å². The maximum absolute atomic E-state index is 13.1. The standard InChI is InChI=1S/C84H164O17P2/c1-9-75(6)61-53-45-37-29-23-18-16-14-12-13-15-17-19-25-32-42-50-58-66-83(88)100-79(70-94-81(86)64-56-48-40-31-24-21-20-22-28-36-44-52-60-74(4)5)72-98-102(90,91)96-68-78(85)69-97-103(92,93)99-73-80(71-95-82(87)65-57-49-41-35-34-39-47-55-63-77(8)11-3)101-84(89)67-59-51-43-33-27-26-30-38-46-54-62-76(7)10-2/h74-80,85H,9-73H2,1-8H3,(H,90,91)(H,92,93)/t75?,76?,77?,78-,79-,80-/m1/s1. The Bertz CT molecular complexity index is 2010. The van der Waals surface area contributed by atoms with E-state index in [0.717, 1.165) is 114 Å². The van der Waals surface area contributed by atoms with E-state index in [1.165, 1.54) is 238 Å². The number of carbonyl (C=O) groups is 4. The number of esters is 4. The Hall–Kier alpha value is -1.94. The normalized spacial score (nSPS) is 14.8. The van der Waals surface area contributed by atoms with Crippen LogP contribution < -0.4 is 0 Å². The van der Waals surface area contributed by atoms with Crippen molar-refractivity contribution in [2.24, 2.45) is 23.7 Å². The molecule has 0 aromatic heterocycles. The van der Waals surface area contributed by atoms with Gasteiger partial charge in [-0.3, -0.25) is 37.3 Å². The van der Waals surface area contributed by atoms with Gasteiger partial charge in [-0.15, -0.1) is 0 Å². The number of phosphoric ester groups is 2. The van der Waals surface area contributed by atoms with Crippen molar-refractivity contribution < 1.29 is 80.2 Å². The summed E-state index contributed by atoms with van der Waals surface area (Å²) in [5.74, 6) is 1.12.